The second kappa shape index (κ2) is 5.34. The van der Waals surface area contributed by atoms with E-state index in [1.165, 1.54) is 0 Å². The highest BCUT2D eigenvalue weighted by Crippen LogP contribution is 2.06. The molecule has 1 aromatic heterocycles. The number of halogens is 1. The Morgan fingerprint density at radius 1 is 1.62 bits per heavy atom. The SMILES string of the molecule is CC(C)(C)OC(=O)NCCn1cnc(Br)c1. The summed E-state index contributed by atoms with van der Waals surface area (Å²) in [6.45, 7) is 6.67. The lowest BCUT2D eigenvalue weighted by Gasteiger charge is -2.19. The van der Waals surface area contributed by atoms with Gasteiger partial charge in [0.05, 0.1) is 6.33 Å². The van der Waals surface area contributed by atoms with Gasteiger partial charge in [-0.1, -0.05) is 0 Å². The maximum Gasteiger partial charge on any atom is 0.407 e. The highest BCUT2D eigenvalue weighted by Gasteiger charge is 2.15. The molecule has 90 valence electrons. The Hall–Kier alpha value is -1.04. The summed E-state index contributed by atoms with van der Waals surface area (Å²) in [6, 6.07) is 0. The van der Waals surface area contributed by atoms with Crippen LogP contribution in [0, 0.1) is 0 Å². The Labute approximate surface area is 103 Å². The van der Waals surface area contributed by atoms with Gasteiger partial charge in [0.15, 0.2) is 0 Å². The molecule has 1 rings (SSSR count). The van der Waals surface area contributed by atoms with Gasteiger partial charge in [-0.3, -0.25) is 0 Å². The van der Waals surface area contributed by atoms with Crippen molar-refractivity contribution in [2.24, 2.45) is 0 Å². The molecule has 0 spiro atoms. The molecule has 1 aromatic rings. The molecule has 1 heterocycles. The van der Waals surface area contributed by atoms with Gasteiger partial charge in [-0.2, -0.15) is 0 Å². The smallest absolute Gasteiger partial charge is 0.407 e. The largest absolute Gasteiger partial charge is 0.444 e. The maximum atomic E-state index is 11.3. The van der Waals surface area contributed by atoms with Gasteiger partial charge in [-0.25, -0.2) is 9.78 Å². The molecular weight excluding hydrogens is 274 g/mol. The van der Waals surface area contributed by atoms with E-state index in [4.69, 9.17) is 4.74 Å². The number of carbonyl (C=O) groups excluding carboxylic acids is 1. The Kier molecular flexibility index (Phi) is 4.35. The third-order valence-electron chi connectivity index (χ3n) is 1.64. The number of rotatable bonds is 3. The van der Waals surface area contributed by atoms with Crippen LogP contribution in [0.5, 0.6) is 0 Å². The van der Waals surface area contributed by atoms with Gasteiger partial charge in [0.2, 0.25) is 0 Å². The highest BCUT2D eigenvalue weighted by molar-refractivity contribution is 9.10. The molecule has 0 atom stereocenters. The zero-order valence-electron chi connectivity index (χ0n) is 9.66. The second-order valence-corrected chi connectivity index (χ2v) is 5.18. The lowest BCUT2D eigenvalue weighted by atomic mass is 10.2. The maximum absolute atomic E-state index is 11.3. The average Bonchev–Trinajstić information content (AvgIpc) is 2.48. The number of nitrogens with one attached hydrogen (secondary N) is 1. The summed E-state index contributed by atoms with van der Waals surface area (Å²) >= 11 is 3.25. The van der Waals surface area contributed by atoms with Gasteiger partial charge in [0.25, 0.3) is 0 Å². The summed E-state index contributed by atoms with van der Waals surface area (Å²) < 4.78 is 7.76. The van der Waals surface area contributed by atoms with Crippen molar-refractivity contribution in [3.8, 4) is 0 Å². The number of carbonyl (C=O) groups is 1. The van der Waals surface area contributed by atoms with Crippen molar-refractivity contribution in [2.75, 3.05) is 6.54 Å². The molecule has 5 nitrogen and oxygen atoms in total. The molecular formula is C10H16BrN3O2. The van der Waals surface area contributed by atoms with Crippen molar-refractivity contribution in [1.82, 2.24) is 14.9 Å². The summed E-state index contributed by atoms with van der Waals surface area (Å²) in [5.74, 6) is 0. The van der Waals surface area contributed by atoms with Crippen LogP contribution >= 0.6 is 15.9 Å². The van der Waals surface area contributed by atoms with E-state index in [-0.39, 0.29) is 0 Å². The van der Waals surface area contributed by atoms with Crippen molar-refractivity contribution in [2.45, 2.75) is 32.9 Å². The Bertz CT molecular complexity index is 357. The fourth-order valence-corrected chi connectivity index (χ4v) is 1.41. The van der Waals surface area contributed by atoms with Crippen molar-refractivity contribution in [1.29, 1.82) is 0 Å². The van der Waals surface area contributed by atoms with E-state index in [2.05, 4.69) is 26.2 Å². The molecule has 16 heavy (non-hydrogen) atoms. The number of ether oxygens (including phenoxy) is 1. The number of hydrogen-bond donors (Lipinski definition) is 1. The van der Waals surface area contributed by atoms with Gasteiger partial charge in [-0.05, 0) is 36.7 Å². The molecule has 0 aromatic carbocycles. The van der Waals surface area contributed by atoms with Crippen LogP contribution in [0.2, 0.25) is 0 Å². The number of aromatic nitrogens is 2. The van der Waals surface area contributed by atoms with Crippen LogP contribution in [0.1, 0.15) is 20.8 Å². The first-order valence-electron chi connectivity index (χ1n) is 5.01. The predicted octanol–water partition coefficient (Wildman–Crippen LogP) is 2.17. The molecule has 0 aliphatic rings. The van der Waals surface area contributed by atoms with Crippen molar-refractivity contribution >= 4 is 22.0 Å². The summed E-state index contributed by atoms with van der Waals surface area (Å²) in [5.41, 5.74) is -0.456. The summed E-state index contributed by atoms with van der Waals surface area (Å²) in [4.78, 5) is 15.3. The third-order valence-corrected chi connectivity index (χ3v) is 2.05. The van der Waals surface area contributed by atoms with Gasteiger partial charge >= 0.3 is 6.09 Å². The van der Waals surface area contributed by atoms with Crippen molar-refractivity contribution in [3.05, 3.63) is 17.1 Å². The average molecular weight is 290 g/mol. The molecule has 0 fully saturated rings. The number of alkyl carbamates (subject to hydrolysis) is 1. The molecule has 6 heteroatoms. The second-order valence-electron chi connectivity index (χ2n) is 4.36. The zero-order chi connectivity index (χ0) is 12.2. The first-order chi connectivity index (χ1) is 7.37. The monoisotopic (exact) mass is 289 g/mol. The molecule has 0 aliphatic carbocycles. The molecule has 0 unspecified atom stereocenters. The van der Waals surface area contributed by atoms with E-state index in [1.54, 1.807) is 6.33 Å². The van der Waals surface area contributed by atoms with Gasteiger partial charge in [0, 0.05) is 19.3 Å². The van der Waals surface area contributed by atoms with Crippen LogP contribution in [-0.4, -0.2) is 27.8 Å². The molecule has 0 radical (unpaired) electrons. The normalized spacial score (nSPS) is 11.2. The zero-order valence-corrected chi connectivity index (χ0v) is 11.2. The van der Waals surface area contributed by atoms with Crippen LogP contribution in [-0.2, 0) is 11.3 Å². The Morgan fingerprint density at radius 2 is 2.31 bits per heavy atom. The fraction of sp³-hybridized carbons (Fsp3) is 0.600. The van der Waals surface area contributed by atoms with E-state index in [9.17, 15) is 4.79 Å². The van der Waals surface area contributed by atoms with Crippen molar-refractivity contribution in [3.63, 3.8) is 0 Å². The van der Waals surface area contributed by atoms with Crippen LogP contribution in [0.25, 0.3) is 0 Å². The number of imidazole rings is 1. The van der Waals surface area contributed by atoms with Crippen LogP contribution in [0.3, 0.4) is 0 Å². The standard InChI is InChI=1S/C10H16BrN3O2/c1-10(2,3)16-9(15)12-4-5-14-6-8(11)13-7-14/h6-7H,4-5H2,1-3H3,(H,12,15). The van der Waals surface area contributed by atoms with Gasteiger partial charge in [-0.15, -0.1) is 0 Å². The van der Waals surface area contributed by atoms with Crippen LogP contribution < -0.4 is 5.32 Å². The van der Waals surface area contributed by atoms with Gasteiger partial charge in [0.1, 0.15) is 10.2 Å². The first-order valence-corrected chi connectivity index (χ1v) is 5.80. The number of hydrogen-bond acceptors (Lipinski definition) is 3. The summed E-state index contributed by atoms with van der Waals surface area (Å²) in [7, 11) is 0. The summed E-state index contributed by atoms with van der Waals surface area (Å²) in [5, 5.41) is 2.67. The molecule has 1 amide bonds. The number of nitrogens with zero attached hydrogens (tertiary/aromatic N) is 2. The quantitative estimate of drug-likeness (QED) is 0.928. The van der Waals surface area contributed by atoms with E-state index in [0.29, 0.717) is 13.1 Å². The van der Waals surface area contributed by atoms with Crippen LogP contribution in [0.15, 0.2) is 17.1 Å². The minimum Gasteiger partial charge on any atom is -0.444 e. The molecule has 0 saturated carbocycles. The minimum absolute atomic E-state index is 0.397. The van der Waals surface area contributed by atoms with E-state index >= 15 is 0 Å². The topological polar surface area (TPSA) is 56.1 Å². The first kappa shape index (κ1) is 13.0. The molecule has 0 saturated heterocycles. The number of amides is 1. The fourth-order valence-electron chi connectivity index (χ4n) is 1.06. The molecule has 1 N–H and O–H groups in total. The van der Waals surface area contributed by atoms with E-state index < -0.39 is 11.7 Å². The Morgan fingerprint density at radius 3 is 2.81 bits per heavy atom. The van der Waals surface area contributed by atoms with E-state index in [0.717, 1.165) is 4.60 Å². The Balaban J connectivity index is 2.23. The molecule has 0 aliphatic heterocycles. The van der Waals surface area contributed by atoms with Gasteiger partial charge < -0.3 is 14.6 Å². The molecule has 0 bridgehead atoms. The van der Waals surface area contributed by atoms with Crippen molar-refractivity contribution < 1.29 is 9.53 Å². The lowest BCUT2D eigenvalue weighted by molar-refractivity contribution is 0.0526. The van der Waals surface area contributed by atoms with Crippen LogP contribution in [0.4, 0.5) is 4.79 Å². The summed E-state index contributed by atoms with van der Waals surface area (Å²) in [6.07, 6.45) is 3.14. The highest BCUT2D eigenvalue weighted by atomic mass is 79.9. The lowest BCUT2D eigenvalue weighted by Crippen LogP contribution is -2.34. The third kappa shape index (κ3) is 5.16. The minimum atomic E-state index is -0.456. The predicted molar refractivity (Wildman–Crippen MR) is 64.2 cm³/mol. The van der Waals surface area contributed by atoms with E-state index in [1.807, 2.05) is 31.5 Å².